The number of ether oxygens (including phenoxy) is 1. The second kappa shape index (κ2) is 4.94. The molecule has 82 valence electrons. The predicted molar refractivity (Wildman–Crippen MR) is 57.5 cm³/mol. The summed E-state index contributed by atoms with van der Waals surface area (Å²) in [6.45, 7) is 3.92. The minimum Gasteiger partial charge on any atom is -0.469 e. The molecule has 0 aromatic heterocycles. The lowest BCUT2D eigenvalue weighted by molar-refractivity contribution is -0.142. The summed E-state index contributed by atoms with van der Waals surface area (Å²) >= 11 is 0. The first-order valence-electron chi connectivity index (χ1n) is 4.86. The number of aryl methyl sites for hydroxylation is 2. The average molecular weight is 208 g/mol. The molecule has 0 amide bonds. The number of methoxy groups -OCH3 is 1. The van der Waals surface area contributed by atoms with Crippen molar-refractivity contribution in [3.63, 3.8) is 0 Å². The highest BCUT2D eigenvalue weighted by atomic mass is 16.5. The molecule has 1 N–H and O–H groups in total. The largest absolute Gasteiger partial charge is 0.469 e. The number of aliphatic hydroxyl groups excluding tert-OH is 1. The Morgan fingerprint density at radius 2 is 1.87 bits per heavy atom. The van der Waals surface area contributed by atoms with Crippen LogP contribution >= 0.6 is 0 Å². The Bertz CT molecular complexity index is 338. The molecule has 3 nitrogen and oxygen atoms in total. The number of benzene rings is 1. The predicted octanol–water partition coefficient (Wildman–Crippen LogP) is 1.90. The number of rotatable bonds is 3. The highest BCUT2D eigenvalue weighted by molar-refractivity contribution is 5.70. The van der Waals surface area contributed by atoms with Gasteiger partial charge in [-0.25, -0.2) is 0 Å². The van der Waals surface area contributed by atoms with Crippen LogP contribution in [0.2, 0.25) is 0 Å². The molecule has 0 fully saturated rings. The van der Waals surface area contributed by atoms with Crippen molar-refractivity contribution in [3.8, 4) is 0 Å². The maximum absolute atomic E-state index is 11.0. The second-order valence-corrected chi connectivity index (χ2v) is 3.72. The molecular weight excluding hydrogens is 192 g/mol. The minimum absolute atomic E-state index is 0.000602. The Morgan fingerprint density at radius 3 is 2.33 bits per heavy atom. The molecular formula is C12H16O3. The summed E-state index contributed by atoms with van der Waals surface area (Å²) in [5, 5.41) is 9.77. The van der Waals surface area contributed by atoms with Gasteiger partial charge in [-0.3, -0.25) is 4.79 Å². The van der Waals surface area contributed by atoms with Crippen molar-refractivity contribution in [2.45, 2.75) is 26.4 Å². The van der Waals surface area contributed by atoms with Gasteiger partial charge in [0, 0.05) is 0 Å². The highest BCUT2D eigenvalue weighted by Gasteiger charge is 2.13. The molecule has 0 unspecified atom stereocenters. The van der Waals surface area contributed by atoms with E-state index >= 15 is 0 Å². The van der Waals surface area contributed by atoms with Crippen molar-refractivity contribution in [1.82, 2.24) is 0 Å². The van der Waals surface area contributed by atoms with Crippen LogP contribution in [0.4, 0.5) is 0 Å². The highest BCUT2D eigenvalue weighted by Crippen LogP contribution is 2.19. The SMILES string of the molecule is COC(=O)C[C@@H](O)c1cc(C)cc(C)c1. The summed E-state index contributed by atoms with van der Waals surface area (Å²) in [4.78, 5) is 11.0. The van der Waals surface area contributed by atoms with Crippen molar-refractivity contribution in [2.24, 2.45) is 0 Å². The lowest BCUT2D eigenvalue weighted by atomic mass is 10.0. The van der Waals surface area contributed by atoms with Gasteiger partial charge in [0.05, 0.1) is 19.6 Å². The van der Waals surface area contributed by atoms with Crippen LogP contribution in [0.15, 0.2) is 18.2 Å². The lowest BCUT2D eigenvalue weighted by Gasteiger charge is -2.11. The van der Waals surface area contributed by atoms with E-state index in [4.69, 9.17) is 0 Å². The summed E-state index contributed by atoms with van der Waals surface area (Å²) in [5.41, 5.74) is 2.92. The van der Waals surface area contributed by atoms with Gasteiger partial charge >= 0.3 is 5.97 Å². The first-order valence-corrected chi connectivity index (χ1v) is 4.86. The molecule has 15 heavy (non-hydrogen) atoms. The summed E-state index contributed by atoms with van der Waals surface area (Å²) in [6, 6.07) is 5.77. The fraction of sp³-hybridized carbons (Fsp3) is 0.417. The van der Waals surface area contributed by atoms with E-state index in [1.165, 1.54) is 7.11 Å². The maximum atomic E-state index is 11.0. The van der Waals surface area contributed by atoms with Crippen molar-refractivity contribution >= 4 is 5.97 Å². The topological polar surface area (TPSA) is 46.5 Å². The van der Waals surface area contributed by atoms with Crippen LogP contribution in [0.5, 0.6) is 0 Å². The van der Waals surface area contributed by atoms with Crippen LogP contribution < -0.4 is 0 Å². The number of carbonyl (C=O) groups is 1. The third-order valence-electron chi connectivity index (χ3n) is 2.22. The smallest absolute Gasteiger partial charge is 0.308 e. The third-order valence-corrected chi connectivity index (χ3v) is 2.22. The van der Waals surface area contributed by atoms with Crippen molar-refractivity contribution in [2.75, 3.05) is 7.11 Å². The van der Waals surface area contributed by atoms with Crippen molar-refractivity contribution in [3.05, 3.63) is 34.9 Å². The Morgan fingerprint density at radius 1 is 1.33 bits per heavy atom. The molecule has 0 aliphatic carbocycles. The molecule has 1 rings (SSSR count). The number of esters is 1. The van der Waals surface area contributed by atoms with E-state index in [2.05, 4.69) is 4.74 Å². The standard InChI is InChI=1S/C12H16O3/c1-8-4-9(2)6-10(5-8)11(13)7-12(14)15-3/h4-6,11,13H,7H2,1-3H3/t11-/m1/s1. The van der Waals surface area contributed by atoms with E-state index in [-0.39, 0.29) is 6.42 Å². The Kier molecular flexibility index (Phi) is 3.86. The Hall–Kier alpha value is -1.35. The van der Waals surface area contributed by atoms with Crippen LogP contribution in [0.25, 0.3) is 0 Å². The van der Waals surface area contributed by atoms with Crippen LogP contribution in [0, 0.1) is 13.8 Å². The third kappa shape index (κ3) is 3.36. The molecule has 0 heterocycles. The Balaban J connectivity index is 2.81. The van der Waals surface area contributed by atoms with Crippen LogP contribution in [-0.4, -0.2) is 18.2 Å². The molecule has 3 heteroatoms. The fourth-order valence-corrected chi connectivity index (χ4v) is 1.56. The second-order valence-electron chi connectivity index (χ2n) is 3.72. The molecule has 0 spiro atoms. The molecule has 0 aliphatic heterocycles. The average Bonchev–Trinajstić information content (AvgIpc) is 2.16. The zero-order valence-electron chi connectivity index (χ0n) is 9.28. The van der Waals surface area contributed by atoms with E-state index < -0.39 is 12.1 Å². The number of carbonyl (C=O) groups excluding carboxylic acids is 1. The fourth-order valence-electron chi connectivity index (χ4n) is 1.56. The molecule has 0 aliphatic rings. The molecule has 0 saturated carbocycles. The first kappa shape index (κ1) is 11.7. The van der Waals surface area contributed by atoms with E-state index in [1.54, 1.807) is 0 Å². The van der Waals surface area contributed by atoms with E-state index in [0.717, 1.165) is 16.7 Å². The van der Waals surface area contributed by atoms with E-state index in [0.29, 0.717) is 0 Å². The van der Waals surface area contributed by atoms with Gasteiger partial charge in [0.2, 0.25) is 0 Å². The van der Waals surface area contributed by atoms with Gasteiger partial charge < -0.3 is 9.84 Å². The molecule has 1 atom stereocenters. The molecule has 1 aromatic rings. The number of aliphatic hydroxyl groups is 1. The summed E-state index contributed by atoms with van der Waals surface area (Å²) in [6.07, 6.45) is -0.782. The van der Waals surface area contributed by atoms with E-state index in [9.17, 15) is 9.90 Å². The number of hydrogen-bond acceptors (Lipinski definition) is 3. The van der Waals surface area contributed by atoms with E-state index in [1.807, 2.05) is 32.0 Å². The molecule has 1 aromatic carbocycles. The van der Waals surface area contributed by atoms with Crippen LogP contribution in [-0.2, 0) is 9.53 Å². The normalized spacial score (nSPS) is 12.3. The monoisotopic (exact) mass is 208 g/mol. The lowest BCUT2D eigenvalue weighted by Crippen LogP contribution is -2.08. The van der Waals surface area contributed by atoms with Gasteiger partial charge in [0.15, 0.2) is 0 Å². The maximum Gasteiger partial charge on any atom is 0.308 e. The van der Waals surface area contributed by atoms with Gasteiger partial charge in [-0.15, -0.1) is 0 Å². The molecule has 0 bridgehead atoms. The summed E-state index contributed by atoms with van der Waals surface area (Å²) in [7, 11) is 1.32. The van der Waals surface area contributed by atoms with Gasteiger partial charge in [-0.2, -0.15) is 0 Å². The van der Waals surface area contributed by atoms with Gasteiger partial charge in [-0.1, -0.05) is 29.3 Å². The minimum atomic E-state index is -0.781. The van der Waals surface area contributed by atoms with Gasteiger partial charge in [0.25, 0.3) is 0 Å². The zero-order chi connectivity index (χ0) is 11.4. The molecule has 0 saturated heterocycles. The number of hydrogen-bond donors (Lipinski definition) is 1. The Labute approximate surface area is 89.7 Å². The summed E-state index contributed by atoms with van der Waals surface area (Å²) in [5.74, 6) is -0.401. The summed E-state index contributed by atoms with van der Waals surface area (Å²) < 4.78 is 4.50. The quantitative estimate of drug-likeness (QED) is 0.772. The van der Waals surface area contributed by atoms with Gasteiger partial charge in [0.1, 0.15) is 0 Å². The zero-order valence-corrected chi connectivity index (χ0v) is 9.28. The van der Waals surface area contributed by atoms with Gasteiger partial charge in [-0.05, 0) is 19.4 Å². The van der Waals surface area contributed by atoms with Crippen LogP contribution in [0.1, 0.15) is 29.2 Å². The van der Waals surface area contributed by atoms with Crippen molar-refractivity contribution in [1.29, 1.82) is 0 Å². The molecule has 0 radical (unpaired) electrons. The van der Waals surface area contributed by atoms with Crippen LogP contribution in [0.3, 0.4) is 0 Å². The first-order chi connectivity index (χ1) is 7.02. The van der Waals surface area contributed by atoms with Crippen molar-refractivity contribution < 1.29 is 14.6 Å².